The molecule has 0 fully saturated rings. The molecule has 0 aromatic heterocycles. The average molecular weight is 352 g/mol. The number of hydrogen-bond acceptors (Lipinski definition) is 1. The van der Waals surface area contributed by atoms with E-state index in [1.807, 2.05) is 0 Å². The van der Waals surface area contributed by atoms with Gasteiger partial charge in [-0.2, -0.15) is 0 Å². The van der Waals surface area contributed by atoms with Gasteiger partial charge >= 0.3 is 75.0 Å². The molecule has 0 aromatic carbocycles. The van der Waals surface area contributed by atoms with E-state index in [1.165, 1.54) is 4.43 Å². The molecule has 0 aromatic rings. The molecular weight excluding hydrogens is 344 g/mol. The number of hydrogen-bond donors (Lipinski definition) is 2. The normalized spacial score (nSPS) is 5.25. The van der Waals surface area contributed by atoms with Gasteiger partial charge in [-0.25, -0.2) is 4.79 Å². The number of halogens is 1. The summed E-state index contributed by atoms with van der Waals surface area (Å²) in [6.07, 6.45) is -1.83. The number of alkyl halides is 1. The standard InChI is InChI=1S/C2H5I.CH2O3.Cs.H/c1-2-3;2-1(3)4;;/h2H2,1H3;(H2,2,3,4);;. The summed E-state index contributed by atoms with van der Waals surface area (Å²) in [5.74, 6) is 0. The van der Waals surface area contributed by atoms with Gasteiger partial charge in [-0.05, 0) is 4.43 Å². The molecule has 0 saturated heterocycles. The van der Waals surface area contributed by atoms with E-state index >= 15 is 0 Å². The molecular formula is C3H8CsIO3. The zero-order valence-electron chi connectivity index (χ0n) is 3.89. The van der Waals surface area contributed by atoms with Crippen LogP contribution in [0, 0.1) is 0 Å². The summed E-state index contributed by atoms with van der Waals surface area (Å²) in [7, 11) is 0. The first-order valence-electron chi connectivity index (χ1n) is 1.63. The van der Waals surface area contributed by atoms with E-state index in [-0.39, 0.29) is 68.9 Å². The quantitative estimate of drug-likeness (QED) is 0.506. The number of rotatable bonds is 0. The van der Waals surface area contributed by atoms with Gasteiger partial charge in [0.25, 0.3) is 0 Å². The van der Waals surface area contributed by atoms with Crippen LogP contribution in [0.1, 0.15) is 6.92 Å². The Morgan fingerprint density at radius 1 is 1.62 bits per heavy atom. The molecule has 0 bridgehead atoms. The van der Waals surface area contributed by atoms with Crippen molar-refractivity contribution in [2.45, 2.75) is 6.92 Å². The fourth-order valence-corrected chi connectivity index (χ4v) is 0. The third-order valence-electron chi connectivity index (χ3n) is 0. The van der Waals surface area contributed by atoms with Gasteiger partial charge in [0, 0.05) is 0 Å². The van der Waals surface area contributed by atoms with Crippen LogP contribution in [-0.4, -0.2) is 89.7 Å². The first-order valence-corrected chi connectivity index (χ1v) is 3.15. The van der Waals surface area contributed by atoms with Crippen LogP contribution in [0.2, 0.25) is 0 Å². The minimum atomic E-state index is -1.83. The van der Waals surface area contributed by atoms with Crippen LogP contribution in [0.3, 0.4) is 0 Å². The molecule has 0 radical (unpaired) electrons. The van der Waals surface area contributed by atoms with Gasteiger partial charge in [0.2, 0.25) is 0 Å². The molecule has 0 aliphatic rings. The second kappa shape index (κ2) is 16.0. The summed E-state index contributed by atoms with van der Waals surface area (Å²) in [4.78, 5) is 8.56. The third kappa shape index (κ3) is 95.1. The molecule has 0 amide bonds. The summed E-state index contributed by atoms with van der Waals surface area (Å²) in [6.45, 7) is 2.11. The Morgan fingerprint density at radius 3 is 1.62 bits per heavy atom. The van der Waals surface area contributed by atoms with Crippen molar-refractivity contribution in [2.24, 2.45) is 0 Å². The third-order valence-corrected chi connectivity index (χ3v) is 0. The van der Waals surface area contributed by atoms with Gasteiger partial charge in [-0.1, -0.05) is 29.5 Å². The van der Waals surface area contributed by atoms with Crippen molar-refractivity contribution in [3.05, 3.63) is 0 Å². The van der Waals surface area contributed by atoms with E-state index in [9.17, 15) is 0 Å². The van der Waals surface area contributed by atoms with E-state index in [0.717, 1.165) is 0 Å². The van der Waals surface area contributed by atoms with Crippen LogP contribution >= 0.6 is 22.6 Å². The zero-order valence-corrected chi connectivity index (χ0v) is 6.05. The minimum absolute atomic E-state index is 0. The molecule has 2 N–H and O–H groups in total. The fourth-order valence-electron chi connectivity index (χ4n) is 0. The Labute approximate surface area is 121 Å². The zero-order chi connectivity index (χ0) is 6.28. The number of carbonyl (C=O) groups is 1. The van der Waals surface area contributed by atoms with Crippen LogP contribution in [-0.2, 0) is 0 Å². The van der Waals surface area contributed by atoms with Crippen molar-refractivity contribution >= 4 is 97.6 Å². The van der Waals surface area contributed by atoms with E-state index in [1.54, 1.807) is 0 Å². The van der Waals surface area contributed by atoms with Crippen LogP contribution in [0.15, 0.2) is 0 Å². The van der Waals surface area contributed by atoms with Gasteiger partial charge in [0.15, 0.2) is 0 Å². The van der Waals surface area contributed by atoms with E-state index < -0.39 is 6.16 Å². The summed E-state index contributed by atoms with van der Waals surface area (Å²) in [6, 6.07) is 0. The molecule has 0 atom stereocenters. The monoisotopic (exact) mass is 352 g/mol. The molecule has 0 aliphatic carbocycles. The van der Waals surface area contributed by atoms with Gasteiger partial charge in [0.05, 0.1) is 0 Å². The maximum absolute atomic E-state index is 8.56. The van der Waals surface area contributed by atoms with Crippen LogP contribution in [0.5, 0.6) is 0 Å². The predicted octanol–water partition coefficient (Wildman–Crippen LogP) is 1.02. The molecule has 3 nitrogen and oxygen atoms in total. The second-order valence-corrected chi connectivity index (χ2v) is 2.08. The van der Waals surface area contributed by atoms with Crippen molar-refractivity contribution in [2.75, 3.05) is 4.43 Å². The molecule has 46 valence electrons. The van der Waals surface area contributed by atoms with Crippen molar-refractivity contribution in [3.63, 3.8) is 0 Å². The molecule has 0 unspecified atom stereocenters. The molecule has 8 heavy (non-hydrogen) atoms. The van der Waals surface area contributed by atoms with E-state index in [4.69, 9.17) is 15.0 Å². The Balaban J connectivity index is -0.0000000575. The Morgan fingerprint density at radius 2 is 1.62 bits per heavy atom. The SMILES string of the molecule is CCI.O=C(O)O.[CsH]. The van der Waals surface area contributed by atoms with Crippen LogP contribution in [0.25, 0.3) is 0 Å². The van der Waals surface area contributed by atoms with Gasteiger partial charge in [0.1, 0.15) is 0 Å². The van der Waals surface area contributed by atoms with Gasteiger partial charge in [-0.15, -0.1) is 0 Å². The average Bonchev–Trinajstić information content (AvgIpc) is 1.33. The molecule has 0 rings (SSSR count). The number of carboxylic acid groups (broad SMARTS) is 2. The summed E-state index contributed by atoms with van der Waals surface area (Å²) >= 11 is 2.29. The van der Waals surface area contributed by atoms with E-state index in [2.05, 4.69) is 29.5 Å². The maximum atomic E-state index is 8.56. The molecule has 0 aliphatic heterocycles. The van der Waals surface area contributed by atoms with Crippen molar-refractivity contribution < 1.29 is 15.0 Å². The van der Waals surface area contributed by atoms with Crippen LogP contribution in [0.4, 0.5) is 4.79 Å². The van der Waals surface area contributed by atoms with E-state index in [0.29, 0.717) is 0 Å². The van der Waals surface area contributed by atoms with Gasteiger partial charge < -0.3 is 10.2 Å². The molecule has 0 heterocycles. The summed E-state index contributed by atoms with van der Waals surface area (Å²) < 4.78 is 1.22. The van der Waals surface area contributed by atoms with Crippen molar-refractivity contribution in [3.8, 4) is 0 Å². The Hall–Kier alpha value is 2.05. The topological polar surface area (TPSA) is 57.5 Å². The fraction of sp³-hybridized carbons (Fsp3) is 0.667. The van der Waals surface area contributed by atoms with Crippen molar-refractivity contribution in [1.29, 1.82) is 0 Å². The molecule has 0 spiro atoms. The summed E-state index contributed by atoms with van der Waals surface area (Å²) in [5, 5.41) is 13.9. The Kier molecular flexibility index (Phi) is 33.2. The van der Waals surface area contributed by atoms with Crippen molar-refractivity contribution in [1.82, 2.24) is 0 Å². The first kappa shape index (κ1) is 16.6. The van der Waals surface area contributed by atoms with Gasteiger partial charge in [-0.3, -0.25) is 0 Å². The summed E-state index contributed by atoms with van der Waals surface area (Å²) in [5.41, 5.74) is 0. The predicted molar refractivity (Wildman–Crippen MR) is 42.4 cm³/mol. The molecule has 0 saturated carbocycles. The van der Waals surface area contributed by atoms with Crippen LogP contribution < -0.4 is 0 Å². The molecule has 5 heteroatoms. The Bertz CT molecular complexity index is 45.8. The second-order valence-electron chi connectivity index (χ2n) is 0.550. The first-order chi connectivity index (χ1) is 3.15.